The van der Waals surface area contributed by atoms with Crippen LogP contribution in [-0.2, 0) is 0 Å². The predicted octanol–water partition coefficient (Wildman–Crippen LogP) is 6.34. The largest absolute Gasteiger partial charge is 0.340 e. The number of aliphatic imine (C=N–C) groups is 1. The third-order valence-corrected chi connectivity index (χ3v) is 6.67. The van der Waals surface area contributed by atoms with E-state index in [0.717, 1.165) is 32.5 Å². The molecule has 5 aromatic rings. The second kappa shape index (κ2) is 10.8. The van der Waals surface area contributed by atoms with E-state index in [9.17, 15) is 4.79 Å². The van der Waals surface area contributed by atoms with Gasteiger partial charge in [0.15, 0.2) is 5.82 Å². The lowest BCUT2D eigenvalue weighted by molar-refractivity contribution is 0.0971. The zero-order valence-electron chi connectivity index (χ0n) is 20.0. The Hall–Kier alpha value is -4.89. The molecule has 3 heterocycles. The molecule has 2 aromatic carbocycles. The third-order valence-electron chi connectivity index (χ3n) is 5.57. The van der Waals surface area contributed by atoms with Gasteiger partial charge >= 0.3 is 0 Å². The predicted molar refractivity (Wildman–Crippen MR) is 150 cm³/mol. The van der Waals surface area contributed by atoms with Crippen molar-refractivity contribution in [3.8, 4) is 22.5 Å². The second-order valence-electron chi connectivity index (χ2n) is 8.01. The first-order valence-electron chi connectivity index (χ1n) is 11.5. The highest BCUT2D eigenvalue weighted by Crippen LogP contribution is 2.30. The van der Waals surface area contributed by atoms with Crippen LogP contribution < -0.4 is 10.6 Å². The van der Waals surface area contributed by atoms with Crippen LogP contribution in [0.3, 0.4) is 0 Å². The number of hydrogen-bond acceptors (Lipinski definition) is 7. The molecule has 0 atom stereocenters. The lowest BCUT2D eigenvalue weighted by Crippen LogP contribution is -2.20. The number of anilines is 2. The van der Waals surface area contributed by atoms with Crippen molar-refractivity contribution >= 4 is 45.6 Å². The molecule has 0 unspecified atom stereocenters. The second-order valence-corrected chi connectivity index (χ2v) is 9.10. The van der Waals surface area contributed by atoms with Crippen LogP contribution >= 0.6 is 11.3 Å². The smallest absolute Gasteiger partial charge is 0.265 e. The van der Waals surface area contributed by atoms with Gasteiger partial charge in [0.1, 0.15) is 5.82 Å². The van der Waals surface area contributed by atoms with E-state index in [1.54, 1.807) is 24.5 Å². The number of allylic oxidation sites excluding steroid dienone is 2. The Labute approximate surface area is 217 Å². The van der Waals surface area contributed by atoms with Gasteiger partial charge < -0.3 is 10.6 Å². The van der Waals surface area contributed by atoms with Crippen LogP contribution in [0, 0.1) is 0 Å². The average Bonchev–Trinajstić information content (AvgIpc) is 3.62. The first-order valence-corrected chi connectivity index (χ1v) is 12.3. The Morgan fingerprint density at radius 3 is 2.68 bits per heavy atom. The number of hydrogen-bond donors (Lipinski definition) is 3. The summed E-state index contributed by atoms with van der Waals surface area (Å²) in [5.41, 5.74) is 4.55. The molecule has 9 heteroatoms. The molecule has 0 radical (unpaired) electrons. The fourth-order valence-corrected chi connectivity index (χ4v) is 4.69. The van der Waals surface area contributed by atoms with Crippen LogP contribution in [0.4, 0.5) is 11.5 Å². The molecule has 3 aromatic heterocycles. The first-order chi connectivity index (χ1) is 18.1. The molecule has 0 saturated heterocycles. The number of rotatable bonds is 8. The topological polar surface area (TPSA) is 108 Å². The van der Waals surface area contributed by atoms with Crippen LogP contribution in [0.1, 0.15) is 16.6 Å². The number of carbonyl (C=O) groups is 1. The van der Waals surface area contributed by atoms with Gasteiger partial charge in [0.05, 0.1) is 11.1 Å². The van der Waals surface area contributed by atoms with E-state index in [0.29, 0.717) is 22.2 Å². The summed E-state index contributed by atoms with van der Waals surface area (Å²) in [7, 11) is 0. The standard InChI is InChI=1S/C28H23N7OS/c1-3-22(10-12-29-2)34-28(36)25-14-19-4-5-20(15-24(19)37-25)27-30-13-11-26(35-27)33-23-8-6-18(7-9-23)21-16-31-32-17-21/h3-17H,2H2,1H3,(H,31,32)(H,34,36)(H,30,33,35)/b12-10-,22-3+. The van der Waals surface area contributed by atoms with Gasteiger partial charge in [0.25, 0.3) is 5.91 Å². The summed E-state index contributed by atoms with van der Waals surface area (Å²) in [6.07, 6.45) is 10.4. The molecule has 0 spiro atoms. The fourth-order valence-electron chi connectivity index (χ4n) is 3.69. The van der Waals surface area contributed by atoms with Crippen molar-refractivity contribution in [3.05, 3.63) is 102 Å². The summed E-state index contributed by atoms with van der Waals surface area (Å²) in [6, 6.07) is 17.7. The Morgan fingerprint density at radius 2 is 1.92 bits per heavy atom. The first kappa shape index (κ1) is 23.8. The van der Waals surface area contributed by atoms with E-state index in [1.807, 2.05) is 67.7 Å². The van der Waals surface area contributed by atoms with Crippen molar-refractivity contribution < 1.29 is 4.79 Å². The number of benzene rings is 2. The normalized spacial score (nSPS) is 11.6. The lowest BCUT2D eigenvalue weighted by Gasteiger charge is -2.08. The highest BCUT2D eigenvalue weighted by Gasteiger charge is 2.13. The molecule has 8 nitrogen and oxygen atoms in total. The van der Waals surface area contributed by atoms with Crippen molar-refractivity contribution in [3.63, 3.8) is 0 Å². The molecular weight excluding hydrogens is 482 g/mol. The zero-order chi connectivity index (χ0) is 25.6. The van der Waals surface area contributed by atoms with Crippen LogP contribution in [0.25, 0.3) is 32.6 Å². The summed E-state index contributed by atoms with van der Waals surface area (Å²) in [6.45, 7) is 5.26. The lowest BCUT2D eigenvalue weighted by atomic mass is 10.1. The molecule has 3 N–H and O–H groups in total. The number of H-pyrrole nitrogens is 1. The molecule has 37 heavy (non-hydrogen) atoms. The molecule has 182 valence electrons. The summed E-state index contributed by atoms with van der Waals surface area (Å²) in [4.78, 5) is 26.2. The number of nitrogens with one attached hydrogen (secondary N) is 3. The Balaban J connectivity index is 1.33. The number of carbonyl (C=O) groups excluding carboxylic acids is 1. The highest BCUT2D eigenvalue weighted by atomic mass is 32.1. The van der Waals surface area contributed by atoms with Crippen LogP contribution in [-0.4, -0.2) is 32.8 Å². The van der Waals surface area contributed by atoms with Gasteiger partial charge in [0, 0.05) is 45.8 Å². The summed E-state index contributed by atoms with van der Waals surface area (Å²) >= 11 is 1.42. The van der Waals surface area contributed by atoms with Gasteiger partial charge in [-0.3, -0.25) is 14.9 Å². The van der Waals surface area contributed by atoms with Gasteiger partial charge in [-0.2, -0.15) is 5.10 Å². The number of aromatic amines is 1. The van der Waals surface area contributed by atoms with Crippen molar-refractivity contribution in [2.75, 3.05) is 5.32 Å². The molecule has 0 aliphatic heterocycles. The molecule has 0 saturated carbocycles. The molecule has 0 fully saturated rings. The van der Waals surface area contributed by atoms with Gasteiger partial charge in [-0.25, -0.2) is 9.97 Å². The van der Waals surface area contributed by atoms with E-state index >= 15 is 0 Å². The van der Waals surface area contributed by atoms with Crippen molar-refractivity contribution in [1.82, 2.24) is 25.5 Å². The van der Waals surface area contributed by atoms with E-state index < -0.39 is 0 Å². The van der Waals surface area contributed by atoms with Crippen molar-refractivity contribution in [2.24, 2.45) is 4.99 Å². The average molecular weight is 506 g/mol. The molecule has 0 aliphatic rings. The van der Waals surface area contributed by atoms with Gasteiger partial charge in [-0.15, -0.1) is 11.3 Å². The Morgan fingerprint density at radius 1 is 1.08 bits per heavy atom. The maximum absolute atomic E-state index is 12.7. The number of fused-ring (bicyclic) bond motifs is 1. The van der Waals surface area contributed by atoms with Crippen molar-refractivity contribution in [1.29, 1.82) is 0 Å². The van der Waals surface area contributed by atoms with E-state index in [1.165, 1.54) is 17.5 Å². The third kappa shape index (κ3) is 5.52. The van der Waals surface area contributed by atoms with Crippen molar-refractivity contribution in [2.45, 2.75) is 6.92 Å². The number of nitrogens with zero attached hydrogens (tertiary/aromatic N) is 4. The van der Waals surface area contributed by atoms with Gasteiger partial charge in [0.2, 0.25) is 0 Å². The number of aromatic nitrogens is 4. The minimum atomic E-state index is -0.175. The maximum atomic E-state index is 12.7. The van der Waals surface area contributed by atoms with Gasteiger partial charge in [-0.1, -0.05) is 30.3 Å². The van der Waals surface area contributed by atoms with E-state index in [-0.39, 0.29) is 5.91 Å². The summed E-state index contributed by atoms with van der Waals surface area (Å²) in [5.74, 6) is 1.11. The minimum absolute atomic E-state index is 0.175. The quantitative estimate of drug-likeness (QED) is 0.168. The number of amides is 1. The Bertz CT molecular complexity index is 1620. The van der Waals surface area contributed by atoms with E-state index in [2.05, 4.69) is 37.5 Å². The maximum Gasteiger partial charge on any atom is 0.265 e. The Kier molecular flexibility index (Phi) is 6.95. The molecular formula is C28H23N7OS. The van der Waals surface area contributed by atoms with Crippen LogP contribution in [0.5, 0.6) is 0 Å². The zero-order valence-corrected chi connectivity index (χ0v) is 20.8. The molecule has 0 aliphatic carbocycles. The minimum Gasteiger partial charge on any atom is -0.340 e. The summed E-state index contributed by atoms with van der Waals surface area (Å²) < 4.78 is 0.977. The van der Waals surface area contributed by atoms with Crippen LogP contribution in [0.15, 0.2) is 102 Å². The van der Waals surface area contributed by atoms with Crippen LogP contribution in [0.2, 0.25) is 0 Å². The van der Waals surface area contributed by atoms with E-state index in [4.69, 9.17) is 4.98 Å². The molecule has 0 bridgehead atoms. The monoisotopic (exact) mass is 505 g/mol. The molecule has 5 rings (SSSR count). The number of thiophene rings is 1. The highest BCUT2D eigenvalue weighted by molar-refractivity contribution is 7.20. The van der Waals surface area contributed by atoms with Gasteiger partial charge in [-0.05, 0) is 61.0 Å². The SMILES string of the molecule is C=N/C=C\C(=C/C)NC(=O)c1cc2ccc(-c3nccc(Nc4ccc(-c5cn[nH]c5)cc4)n3)cc2s1. The fraction of sp³-hybridized carbons (Fsp3) is 0.0357. The molecule has 1 amide bonds. The summed E-state index contributed by atoms with van der Waals surface area (Å²) in [5, 5.41) is 14.0.